The third-order valence-electron chi connectivity index (χ3n) is 1.10. The molecule has 1 aromatic carbocycles. The standard InChI is InChI=1S/C6H5ClO2S2/c7-11(8,9)6-3-1-2-5(10)4-6/h1-4,10H. The minimum Gasteiger partial charge on any atom is -0.207 e. The van der Waals surface area contributed by atoms with E-state index < -0.39 is 9.05 Å². The van der Waals surface area contributed by atoms with Crippen molar-refractivity contribution in [1.82, 2.24) is 0 Å². The molecule has 5 heteroatoms. The predicted octanol–water partition coefficient (Wildman–Crippen LogP) is 1.90. The van der Waals surface area contributed by atoms with E-state index in [1.807, 2.05) is 0 Å². The Morgan fingerprint density at radius 2 is 2.00 bits per heavy atom. The molecule has 0 unspecified atom stereocenters. The lowest BCUT2D eigenvalue weighted by Crippen LogP contribution is -1.88. The normalized spacial score (nSPS) is 11.5. The molecule has 0 saturated carbocycles. The van der Waals surface area contributed by atoms with Crippen LogP contribution in [-0.4, -0.2) is 8.42 Å². The Balaban J connectivity index is 3.28. The molecular formula is C6H5ClO2S2. The second-order valence-corrected chi connectivity index (χ2v) is 5.02. The molecule has 0 saturated heterocycles. The second-order valence-electron chi connectivity index (χ2n) is 1.94. The van der Waals surface area contributed by atoms with Crippen molar-refractivity contribution < 1.29 is 8.42 Å². The highest BCUT2D eigenvalue weighted by molar-refractivity contribution is 8.13. The van der Waals surface area contributed by atoms with E-state index in [4.69, 9.17) is 10.7 Å². The van der Waals surface area contributed by atoms with E-state index >= 15 is 0 Å². The molecule has 1 aromatic rings. The van der Waals surface area contributed by atoms with Crippen LogP contribution >= 0.6 is 23.3 Å². The van der Waals surface area contributed by atoms with E-state index in [1.165, 1.54) is 12.1 Å². The van der Waals surface area contributed by atoms with Crippen LogP contribution < -0.4 is 0 Å². The Morgan fingerprint density at radius 1 is 1.36 bits per heavy atom. The van der Waals surface area contributed by atoms with E-state index in [1.54, 1.807) is 12.1 Å². The highest BCUT2D eigenvalue weighted by atomic mass is 35.7. The molecule has 0 N–H and O–H groups in total. The van der Waals surface area contributed by atoms with Crippen LogP contribution in [0.15, 0.2) is 34.1 Å². The van der Waals surface area contributed by atoms with Gasteiger partial charge in [0.2, 0.25) is 0 Å². The van der Waals surface area contributed by atoms with E-state index in [-0.39, 0.29) is 4.90 Å². The maximum absolute atomic E-state index is 10.7. The van der Waals surface area contributed by atoms with E-state index in [2.05, 4.69) is 12.6 Å². The molecule has 0 aliphatic carbocycles. The summed E-state index contributed by atoms with van der Waals surface area (Å²) in [5.41, 5.74) is 0. The van der Waals surface area contributed by atoms with Gasteiger partial charge in [0.15, 0.2) is 0 Å². The molecule has 11 heavy (non-hydrogen) atoms. The quantitative estimate of drug-likeness (QED) is 0.565. The lowest BCUT2D eigenvalue weighted by Gasteiger charge is -1.95. The third kappa shape index (κ3) is 2.39. The van der Waals surface area contributed by atoms with Gasteiger partial charge in [0.1, 0.15) is 0 Å². The van der Waals surface area contributed by atoms with Gasteiger partial charge >= 0.3 is 0 Å². The summed E-state index contributed by atoms with van der Waals surface area (Å²) in [5, 5.41) is 0. The average molecular weight is 209 g/mol. The molecule has 0 amide bonds. The van der Waals surface area contributed by atoms with Crippen molar-refractivity contribution in [2.75, 3.05) is 0 Å². The molecule has 1 rings (SSSR count). The fraction of sp³-hybridized carbons (Fsp3) is 0. The number of rotatable bonds is 1. The van der Waals surface area contributed by atoms with Crippen LogP contribution in [0.4, 0.5) is 0 Å². The molecule has 0 aromatic heterocycles. The van der Waals surface area contributed by atoms with Crippen LogP contribution in [-0.2, 0) is 9.05 Å². The van der Waals surface area contributed by atoms with Crippen molar-refractivity contribution in [3.63, 3.8) is 0 Å². The zero-order valence-corrected chi connectivity index (χ0v) is 7.83. The van der Waals surface area contributed by atoms with Crippen LogP contribution in [0.5, 0.6) is 0 Å². The van der Waals surface area contributed by atoms with Gasteiger partial charge in [0.05, 0.1) is 4.90 Å². The number of thiol groups is 1. The summed E-state index contributed by atoms with van der Waals surface area (Å²) in [6.07, 6.45) is 0. The molecule has 0 fully saturated rings. The lowest BCUT2D eigenvalue weighted by molar-refractivity contribution is 0.609. The van der Waals surface area contributed by atoms with Crippen LogP contribution in [0, 0.1) is 0 Å². The summed E-state index contributed by atoms with van der Waals surface area (Å²) in [5.74, 6) is 0. The third-order valence-corrected chi connectivity index (χ3v) is 2.73. The van der Waals surface area contributed by atoms with Gasteiger partial charge in [0.25, 0.3) is 9.05 Å². The van der Waals surface area contributed by atoms with Crippen molar-refractivity contribution in [3.8, 4) is 0 Å². The molecular weight excluding hydrogens is 204 g/mol. The molecule has 0 radical (unpaired) electrons. The van der Waals surface area contributed by atoms with Gasteiger partial charge in [-0.3, -0.25) is 0 Å². The first-order chi connectivity index (χ1) is 5.00. The Morgan fingerprint density at radius 3 is 2.36 bits per heavy atom. The van der Waals surface area contributed by atoms with Crippen LogP contribution in [0.1, 0.15) is 0 Å². The predicted molar refractivity (Wildman–Crippen MR) is 46.7 cm³/mol. The van der Waals surface area contributed by atoms with Gasteiger partial charge < -0.3 is 0 Å². The monoisotopic (exact) mass is 208 g/mol. The largest absolute Gasteiger partial charge is 0.261 e. The molecule has 0 heterocycles. The van der Waals surface area contributed by atoms with Crippen molar-refractivity contribution in [2.24, 2.45) is 0 Å². The molecule has 2 nitrogen and oxygen atoms in total. The van der Waals surface area contributed by atoms with Crippen molar-refractivity contribution in [3.05, 3.63) is 24.3 Å². The fourth-order valence-corrected chi connectivity index (χ4v) is 1.74. The SMILES string of the molecule is O=S(=O)(Cl)c1cccc(S)c1. The Kier molecular flexibility index (Phi) is 2.47. The summed E-state index contributed by atoms with van der Waals surface area (Å²) < 4.78 is 21.4. The zero-order chi connectivity index (χ0) is 8.48. The van der Waals surface area contributed by atoms with Crippen molar-refractivity contribution in [2.45, 2.75) is 9.79 Å². The van der Waals surface area contributed by atoms with Crippen molar-refractivity contribution in [1.29, 1.82) is 0 Å². The van der Waals surface area contributed by atoms with Crippen LogP contribution in [0.2, 0.25) is 0 Å². The second kappa shape index (κ2) is 3.05. The lowest BCUT2D eigenvalue weighted by atomic mass is 10.4. The smallest absolute Gasteiger partial charge is 0.207 e. The maximum atomic E-state index is 10.7. The van der Waals surface area contributed by atoms with Crippen LogP contribution in [0.25, 0.3) is 0 Å². The number of hydrogen-bond donors (Lipinski definition) is 1. The average Bonchev–Trinajstić information content (AvgIpc) is 1.86. The molecule has 0 spiro atoms. The van der Waals surface area contributed by atoms with Gasteiger partial charge in [-0.25, -0.2) is 8.42 Å². The van der Waals surface area contributed by atoms with Gasteiger partial charge in [0, 0.05) is 15.6 Å². The van der Waals surface area contributed by atoms with Gasteiger partial charge in [-0.15, -0.1) is 12.6 Å². The first kappa shape index (κ1) is 8.90. The van der Waals surface area contributed by atoms with Gasteiger partial charge in [-0.2, -0.15) is 0 Å². The van der Waals surface area contributed by atoms with E-state index in [9.17, 15) is 8.42 Å². The number of halogens is 1. The topological polar surface area (TPSA) is 34.1 Å². The minimum absolute atomic E-state index is 0.0756. The molecule has 0 aliphatic rings. The number of hydrogen-bond acceptors (Lipinski definition) is 3. The maximum Gasteiger partial charge on any atom is 0.261 e. The zero-order valence-electron chi connectivity index (χ0n) is 5.36. The molecule has 0 aliphatic heterocycles. The fourth-order valence-electron chi connectivity index (χ4n) is 0.635. The summed E-state index contributed by atoms with van der Waals surface area (Å²) in [6, 6.07) is 6.07. The first-order valence-electron chi connectivity index (χ1n) is 2.74. The molecule has 60 valence electrons. The number of benzene rings is 1. The first-order valence-corrected chi connectivity index (χ1v) is 5.49. The minimum atomic E-state index is -3.60. The van der Waals surface area contributed by atoms with Crippen LogP contribution in [0.3, 0.4) is 0 Å². The summed E-state index contributed by atoms with van der Waals surface area (Å²) >= 11 is 3.96. The Bertz CT molecular complexity index is 359. The molecule has 0 bridgehead atoms. The van der Waals surface area contributed by atoms with E-state index in [0.29, 0.717) is 4.90 Å². The Labute approximate surface area is 75.0 Å². The summed E-state index contributed by atoms with van der Waals surface area (Å²) in [6.45, 7) is 0. The van der Waals surface area contributed by atoms with Crippen molar-refractivity contribution >= 4 is 32.4 Å². The van der Waals surface area contributed by atoms with Gasteiger partial charge in [-0.05, 0) is 18.2 Å². The summed E-state index contributed by atoms with van der Waals surface area (Å²) in [4.78, 5) is 0.651. The summed E-state index contributed by atoms with van der Waals surface area (Å²) in [7, 11) is 1.47. The Hall–Kier alpha value is -0.190. The molecule has 0 atom stereocenters. The van der Waals surface area contributed by atoms with E-state index in [0.717, 1.165) is 0 Å². The highest BCUT2D eigenvalue weighted by Crippen LogP contribution is 2.17. The van der Waals surface area contributed by atoms with Gasteiger partial charge in [-0.1, -0.05) is 6.07 Å². The highest BCUT2D eigenvalue weighted by Gasteiger charge is 2.08.